The summed E-state index contributed by atoms with van der Waals surface area (Å²) in [5.74, 6) is 0.633. The Morgan fingerprint density at radius 3 is 2.76 bits per heavy atom. The normalized spacial score (nSPS) is 20.9. The number of ether oxygens (including phenoxy) is 2. The number of rotatable bonds is 7. The smallest absolute Gasteiger partial charge is 0.194 e. The zero-order valence-corrected chi connectivity index (χ0v) is 21.7. The van der Waals surface area contributed by atoms with E-state index in [1.54, 1.807) is 13.2 Å². The lowest BCUT2D eigenvalue weighted by atomic mass is 10.1. The SMILES string of the molecule is CCNC(=NCc1ccc(F)c(COC)c1)N1CC2OCCN(Cc3ccccc3)C2C1.I. The van der Waals surface area contributed by atoms with Crippen LogP contribution in [0.1, 0.15) is 23.6 Å². The topological polar surface area (TPSA) is 49.3 Å². The van der Waals surface area contributed by atoms with E-state index in [1.165, 1.54) is 11.6 Å². The van der Waals surface area contributed by atoms with Crippen LogP contribution in [0.3, 0.4) is 0 Å². The highest BCUT2D eigenvalue weighted by Gasteiger charge is 2.41. The van der Waals surface area contributed by atoms with E-state index in [2.05, 4.69) is 52.4 Å². The number of guanidine groups is 1. The second kappa shape index (κ2) is 12.6. The van der Waals surface area contributed by atoms with Gasteiger partial charge in [-0.05, 0) is 30.2 Å². The third-order valence-corrected chi connectivity index (χ3v) is 6.10. The number of halogens is 2. The van der Waals surface area contributed by atoms with E-state index in [0.29, 0.717) is 18.2 Å². The predicted molar refractivity (Wildman–Crippen MR) is 139 cm³/mol. The minimum absolute atomic E-state index is 0. The zero-order valence-electron chi connectivity index (χ0n) is 19.4. The van der Waals surface area contributed by atoms with Gasteiger partial charge in [-0.15, -0.1) is 24.0 Å². The number of nitrogens with zero attached hydrogens (tertiary/aromatic N) is 3. The van der Waals surface area contributed by atoms with E-state index >= 15 is 0 Å². The van der Waals surface area contributed by atoms with Crippen LogP contribution in [0.15, 0.2) is 53.5 Å². The van der Waals surface area contributed by atoms with Gasteiger partial charge in [0.25, 0.3) is 0 Å². The summed E-state index contributed by atoms with van der Waals surface area (Å²) in [5, 5.41) is 3.42. The van der Waals surface area contributed by atoms with Gasteiger partial charge in [-0.1, -0.05) is 36.4 Å². The van der Waals surface area contributed by atoms with Crippen molar-refractivity contribution in [3.8, 4) is 0 Å². The van der Waals surface area contributed by atoms with Gasteiger partial charge in [0.15, 0.2) is 5.96 Å². The standard InChI is InChI=1S/C25H33FN4O2.HI/c1-3-27-25(28-14-20-9-10-22(26)21(13-20)18-31-2)30-16-23-24(17-30)32-12-11-29(23)15-19-7-5-4-6-8-19;/h4-10,13,23-24H,3,11-12,14-18H2,1-2H3,(H,27,28);1H. The predicted octanol–water partition coefficient (Wildman–Crippen LogP) is 3.64. The Labute approximate surface area is 213 Å². The average Bonchev–Trinajstić information content (AvgIpc) is 3.25. The molecule has 4 rings (SSSR count). The molecule has 0 aliphatic carbocycles. The lowest BCUT2D eigenvalue weighted by molar-refractivity contribution is -0.0502. The van der Waals surface area contributed by atoms with E-state index in [1.807, 2.05) is 6.07 Å². The third-order valence-electron chi connectivity index (χ3n) is 6.10. The maximum atomic E-state index is 13.9. The molecule has 0 bridgehead atoms. The van der Waals surface area contributed by atoms with Crippen LogP contribution < -0.4 is 5.32 Å². The molecule has 0 saturated carbocycles. The quantitative estimate of drug-likeness (QED) is 0.314. The minimum Gasteiger partial charge on any atom is -0.380 e. The number of likely N-dealkylation sites (tertiary alicyclic amines) is 1. The third kappa shape index (κ3) is 6.65. The molecule has 6 nitrogen and oxygen atoms in total. The highest BCUT2D eigenvalue weighted by atomic mass is 127. The summed E-state index contributed by atoms with van der Waals surface area (Å²) >= 11 is 0. The molecule has 2 unspecified atom stereocenters. The number of hydrogen-bond donors (Lipinski definition) is 1. The van der Waals surface area contributed by atoms with E-state index in [9.17, 15) is 4.39 Å². The van der Waals surface area contributed by atoms with Crippen LogP contribution in [0, 0.1) is 5.82 Å². The van der Waals surface area contributed by atoms with Gasteiger partial charge in [0.1, 0.15) is 5.82 Å². The lowest BCUT2D eigenvalue weighted by Crippen LogP contribution is -2.50. The average molecular weight is 568 g/mol. The Hall–Kier alpha value is -1.75. The molecular weight excluding hydrogens is 534 g/mol. The van der Waals surface area contributed by atoms with Crippen LogP contribution in [0.4, 0.5) is 4.39 Å². The second-order valence-electron chi connectivity index (χ2n) is 8.37. The molecule has 2 aliphatic heterocycles. The van der Waals surface area contributed by atoms with E-state index in [4.69, 9.17) is 14.5 Å². The van der Waals surface area contributed by atoms with Crippen molar-refractivity contribution in [3.63, 3.8) is 0 Å². The van der Waals surface area contributed by atoms with E-state index in [0.717, 1.165) is 50.9 Å². The summed E-state index contributed by atoms with van der Waals surface area (Å²) in [7, 11) is 1.57. The Morgan fingerprint density at radius 2 is 2.00 bits per heavy atom. The van der Waals surface area contributed by atoms with E-state index < -0.39 is 0 Å². The molecule has 2 aliphatic rings. The summed E-state index contributed by atoms with van der Waals surface area (Å²) in [6.45, 7) is 7.94. The van der Waals surface area contributed by atoms with Gasteiger partial charge in [-0.3, -0.25) is 4.90 Å². The van der Waals surface area contributed by atoms with Gasteiger partial charge in [0.05, 0.1) is 31.9 Å². The Bertz CT molecular complexity index is 915. The highest BCUT2D eigenvalue weighted by Crippen LogP contribution is 2.25. The first-order valence-corrected chi connectivity index (χ1v) is 11.4. The molecule has 2 fully saturated rings. The summed E-state index contributed by atoms with van der Waals surface area (Å²) in [4.78, 5) is 9.68. The molecule has 0 aromatic heterocycles. The molecule has 2 heterocycles. The van der Waals surface area contributed by atoms with Crippen LogP contribution in [0.25, 0.3) is 0 Å². The summed E-state index contributed by atoms with van der Waals surface area (Å²) < 4.78 is 25.2. The number of fused-ring (bicyclic) bond motifs is 1. The van der Waals surface area contributed by atoms with Crippen LogP contribution in [-0.4, -0.2) is 67.8 Å². The number of morpholine rings is 1. The number of hydrogen-bond acceptors (Lipinski definition) is 4. The first-order valence-electron chi connectivity index (χ1n) is 11.4. The second-order valence-corrected chi connectivity index (χ2v) is 8.37. The van der Waals surface area contributed by atoms with Gasteiger partial charge in [0.2, 0.25) is 0 Å². The first-order chi connectivity index (χ1) is 15.7. The van der Waals surface area contributed by atoms with Crippen molar-refractivity contribution in [2.75, 3.05) is 39.9 Å². The molecule has 0 radical (unpaired) electrons. The summed E-state index contributed by atoms with van der Waals surface area (Å²) in [6.07, 6.45) is 0.176. The molecule has 0 spiro atoms. The van der Waals surface area contributed by atoms with Crippen LogP contribution in [0.2, 0.25) is 0 Å². The maximum absolute atomic E-state index is 13.9. The van der Waals surface area contributed by atoms with Crippen molar-refractivity contribution in [2.24, 2.45) is 4.99 Å². The summed E-state index contributed by atoms with van der Waals surface area (Å²) in [5.41, 5.74) is 2.85. The highest BCUT2D eigenvalue weighted by molar-refractivity contribution is 14.0. The van der Waals surface area contributed by atoms with Gasteiger partial charge < -0.3 is 19.7 Å². The fourth-order valence-corrected chi connectivity index (χ4v) is 4.53. The van der Waals surface area contributed by atoms with Gasteiger partial charge in [-0.25, -0.2) is 9.38 Å². The molecule has 2 aromatic rings. The molecule has 2 atom stereocenters. The van der Waals surface area contributed by atoms with Crippen molar-refractivity contribution in [1.82, 2.24) is 15.1 Å². The Kier molecular flexibility index (Phi) is 9.91. The number of methoxy groups -OCH3 is 1. The number of benzene rings is 2. The van der Waals surface area contributed by atoms with Gasteiger partial charge in [0, 0.05) is 45.4 Å². The molecule has 1 N–H and O–H groups in total. The van der Waals surface area contributed by atoms with Gasteiger partial charge in [-0.2, -0.15) is 0 Å². The fourth-order valence-electron chi connectivity index (χ4n) is 4.53. The fraction of sp³-hybridized carbons (Fsp3) is 0.480. The molecule has 2 saturated heterocycles. The van der Waals surface area contributed by atoms with Gasteiger partial charge >= 0.3 is 0 Å². The van der Waals surface area contributed by atoms with Crippen molar-refractivity contribution >= 4 is 29.9 Å². The van der Waals surface area contributed by atoms with Crippen LogP contribution in [0.5, 0.6) is 0 Å². The monoisotopic (exact) mass is 568 g/mol. The molecular formula is C25H34FIN4O2. The first kappa shape index (κ1) is 25.9. The van der Waals surface area contributed by atoms with Crippen LogP contribution in [-0.2, 0) is 29.2 Å². The minimum atomic E-state index is -0.245. The summed E-state index contributed by atoms with van der Waals surface area (Å²) in [6, 6.07) is 16.1. The molecule has 2 aromatic carbocycles. The maximum Gasteiger partial charge on any atom is 0.194 e. The van der Waals surface area contributed by atoms with Crippen molar-refractivity contribution < 1.29 is 13.9 Å². The Balaban J connectivity index is 0.00000306. The molecule has 0 amide bonds. The van der Waals surface area contributed by atoms with Crippen molar-refractivity contribution in [1.29, 1.82) is 0 Å². The molecule has 33 heavy (non-hydrogen) atoms. The van der Waals surface area contributed by atoms with E-state index in [-0.39, 0.29) is 42.5 Å². The Morgan fingerprint density at radius 1 is 1.18 bits per heavy atom. The zero-order chi connectivity index (χ0) is 22.3. The number of aliphatic imine (C=N–C) groups is 1. The van der Waals surface area contributed by atoms with Crippen molar-refractivity contribution in [3.05, 3.63) is 71.0 Å². The lowest BCUT2D eigenvalue weighted by Gasteiger charge is -2.36. The van der Waals surface area contributed by atoms with Crippen molar-refractivity contribution in [2.45, 2.75) is 38.8 Å². The van der Waals surface area contributed by atoms with Crippen LogP contribution >= 0.6 is 24.0 Å². The largest absolute Gasteiger partial charge is 0.380 e. The number of nitrogens with one attached hydrogen (secondary N) is 1. The molecule has 8 heteroatoms. The molecule has 180 valence electrons.